The number of hydrogen-bond acceptors (Lipinski definition) is 4. The average molecular weight is 288 g/mol. The van der Waals surface area contributed by atoms with Crippen LogP contribution in [0.5, 0.6) is 0 Å². The van der Waals surface area contributed by atoms with Crippen molar-refractivity contribution in [3.8, 4) is 0 Å². The Balaban J connectivity index is 2.19. The highest BCUT2D eigenvalue weighted by molar-refractivity contribution is 7.98. The van der Waals surface area contributed by atoms with Gasteiger partial charge < -0.3 is 0 Å². The van der Waals surface area contributed by atoms with Gasteiger partial charge in [0, 0.05) is 24.9 Å². The van der Waals surface area contributed by atoms with E-state index in [0.717, 1.165) is 11.3 Å². The normalized spacial score (nSPS) is 11.1. The molecule has 0 amide bonds. The second-order valence-corrected chi connectivity index (χ2v) is 5.12. The van der Waals surface area contributed by atoms with Gasteiger partial charge in [0.25, 0.3) is 0 Å². The van der Waals surface area contributed by atoms with Crippen LogP contribution in [0.3, 0.4) is 0 Å². The maximum atomic E-state index is 11.4. The van der Waals surface area contributed by atoms with Gasteiger partial charge in [0.2, 0.25) is 0 Å². The predicted molar refractivity (Wildman–Crippen MR) is 71.0 cm³/mol. The average Bonchev–Trinajstić information content (AvgIpc) is 2.79. The summed E-state index contributed by atoms with van der Waals surface area (Å²) in [6, 6.07) is 0. The first-order valence-electron chi connectivity index (χ1n) is 5.50. The highest BCUT2D eigenvalue weighted by Crippen LogP contribution is 2.26. The Hall–Kier alpha value is -1.21. The van der Waals surface area contributed by atoms with Gasteiger partial charge in [0.15, 0.2) is 5.16 Å². The van der Waals surface area contributed by atoms with E-state index < -0.39 is 0 Å². The summed E-state index contributed by atoms with van der Waals surface area (Å²) >= 11 is 7.62. The van der Waals surface area contributed by atoms with Crippen LogP contribution in [-0.4, -0.2) is 24.5 Å². The number of hydrogen-bond donors (Lipinski definition) is 1. The lowest BCUT2D eigenvalue weighted by Crippen LogP contribution is -2.16. The van der Waals surface area contributed by atoms with Crippen LogP contribution in [0.25, 0.3) is 0 Å². The predicted octanol–water partition coefficient (Wildman–Crippen LogP) is 1.58. The third kappa shape index (κ3) is 2.32. The Morgan fingerprint density at radius 3 is 2.78 bits per heavy atom. The van der Waals surface area contributed by atoms with Crippen LogP contribution in [0.2, 0.25) is 5.15 Å². The minimum atomic E-state index is -0.186. The number of nitrogens with zero attached hydrogens (tertiary/aromatic N) is 4. The first kappa shape index (κ1) is 13.2. The van der Waals surface area contributed by atoms with E-state index >= 15 is 0 Å². The van der Waals surface area contributed by atoms with Crippen LogP contribution in [0.15, 0.2) is 9.95 Å². The number of halogens is 1. The molecule has 2 rings (SSSR count). The molecule has 2 heterocycles. The van der Waals surface area contributed by atoms with Crippen LogP contribution >= 0.6 is 23.4 Å². The number of aryl methyl sites for hydroxylation is 2. The second kappa shape index (κ2) is 5.19. The van der Waals surface area contributed by atoms with E-state index in [0.29, 0.717) is 22.6 Å². The third-order valence-corrected chi connectivity index (χ3v) is 4.13. The Morgan fingerprint density at radius 2 is 2.22 bits per heavy atom. The lowest BCUT2D eigenvalue weighted by molar-refractivity contribution is 0.660. The summed E-state index contributed by atoms with van der Waals surface area (Å²) in [6.45, 7) is 4.42. The number of H-pyrrole nitrogens is 1. The van der Waals surface area contributed by atoms with Gasteiger partial charge in [-0.25, -0.2) is 9.89 Å². The van der Waals surface area contributed by atoms with Gasteiger partial charge in [-0.2, -0.15) is 5.10 Å². The third-order valence-electron chi connectivity index (χ3n) is 2.65. The van der Waals surface area contributed by atoms with Crippen molar-refractivity contribution in [3.63, 3.8) is 0 Å². The van der Waals surface area contributed by atoms with E-state index in [1.165, 1.54) is 11.8 Å². The molecule has 0 spiro atoms. The van der Waals surface area contributed by atoms with Crippen LogP contribution in [0, 0.1) is 6.92 Å². The monoisotopic (exact) mass is 287 g/mol. The lowest BCUT2D eigenvalue weighted by Gasteiger charge is -2.02. The fraction of sp³-hybridized carbons (Fsp3) is 0.500. The molecule has 0 aliphatic heterocycles. The summed E-state index contributed by atoms with van der Waals surface area (Å²) in [5, 5.41) is 12.0. The van der Waals surface area contributed by atoms with Gasteiger partial charge >= 0.3 is 5.69 Å². The van der Waals surface area contributed by atoms with Crippen LogP contribution in [0.4, 0.5) is 0 Å². The first-order valence-corrected chi connectivity index (χ1v) is 6.87. The highest BCUT2D eigenvalue weighted by atomic mass is 35.5. The van der Waals surface area contributed by atoms with Crippen LogP contribution < -0.4 is 5.69 Å². The molecule has 2 aromatic heterocycles. The summed E-state index contributed by atoms with van der Waals surface area (Å²) in [5.41, 5.74) is 1.69. The maximum Gasteiger partial charge on any atom is 0.343 e. The van der Waals surface area contributed by atoms with Crippen LogP contribution in [-0.2, 0) is 19.3 Å². The Bertz CT molecular complexity index is 614. The number of nitrogens with one attached hydrogen (secondary N) is 1. The largest absolute Gasteiger partial charge is 0.343 e. The molecular weight excluding hydrogens is 274 g/mol. The SMILES string of the molecule is CCn1c(SCc2c(C)nn(C)c2Cl)n[nH]c1=O. The van der Waals surface area contributed by atoms with Crippen molar-refractivity contribution in [1.29, 1.82) is 0 Å². The Kier molecular flexibility index (Phi) is 3.82. The molecule has 0 atom stereocenters. The molecule has 0 aromatic carbocycles. The minimum Gasteiger partial charge on any atom is -0.270 e. The summed E-state index contributed by atoms with van der Waals surface area (Å²) in [7, 11) is 1.81. The van der Waals surface area contributed by atoms with Gasteiger partial charge in [-0.3, -0.25) is 9.25 Å². The summed E-state index contributed by atoms with van der Waals surface area (Å²) in [5.74, 6) is 0.642. The standard InChI is InChI=1S/C10H14ClN5OS/c1-4-16-9(17)12-13-10(16)18-5-7-6(2)14-15(3)8(7)11/h4-5H2,1-3H3,(H,12,17). The van der Waals surface area contributed by atoms with E-state index in [1.807, 2.05) is 13.8 Å². The Morgan fingerprint density at radius 1 is 1.50 bits per heavy atom. The lowest BCUT2D eigenvalue weighted by atomic mass is 10.3. The molecular formula is C10H14ClN5OS. The van der Waals surface area contributed by atoms with E-state index in [1.54, 1.807) is 16.3 Å². The molecule has 98 valence electrons. The minimum absolute atomic E-state index is 0.186. The fourth-order valence-corrected chi connectivity index (χ4v) is 3.08. The number of rotatable bonds is 4. The van der Waals surface area contributed by atoms with E-state index in [9.17, 15) is 4.79 Å². The van der Waals surface area contributed by atoms with Crippen molar-refractivity contribution in [2.24, 2.45) is 7.05 Å². The molecule has 0 aliphatic carbocycles. The molecule has 0 bridgehead atoms. The van der Waals surface area contributed by atoms with Gasteiger partial charge in [-0.05, 0) is 13.8 Å². The number of aromatic nitrogens is 5. The highest BCUT2D eigenvalue weighted by Gasteiger charge is 2.14. The fourth-order valence-electron chi connectivity index (χ4n) is 1.67. The van der Waals surface area contributed by atoms with Crippen molar-refractivity contribution < 1.29 is 0 Å². The molecule has 6 nitrogen and oxygen atoms in total. The molecule has 2 aromatic rings. The van der Waals surface area contributed by atoms with Crippen molar-refractivity contribution in [2.45, 2.75) is 31.3 Å². The van der Waals surface area contributed by atoms with E-state index in [2.05, 4.69) is 15.3 Å². The van der Waals surface area contributed by atoms with E-state index in [4.69, 9.17) is 11.6 Å². The molecule has 0 saturated carbocycles. The molecule has 0 saturated heterocycles. The van der Waals surface area contributed by atoms with Gasteiger partial charge in [-0.15, -0.1) is 5.10 Å². The van der Waals surface area contributed by atoms with Crippen molar-refractivity contribution >= 4 is 23.4 Å². The Labute approximate surface area is 113 Å². The molecule has 8 heteroatoms. The molecule has 18 heavy (non-hydrogen) atoms. The quantitative estimate of drug-likeness (QED) is 0.867. The zero-order valence-corrected chi connectivity index (χ0v) is 12.0. The summed E-state index contributed by atoms with van der Waals surface area (Å²) in [4.78, 5) is 11.4. The molecule has 0 aliphatic rings. The zero-order valence-electron chi connectivity index (χ0n) is 10.4. The molecule has 0 unspecified atom stereocenters. The van der Waals surface area contributed by atoms with Gasteiger partial charge in [-0.1, -0.05) is 23.4 Å². The summed E-state index contributed by atoms with van der Waals surface area (Å²) in [6.07, 6.45) is 0. The second-order valence-electron chi connectivity index (χ2n) is 3.82. The maximum absolute atomic E-state index is 11.4. The van der Waals surface area contributed by atoms with Crippen molar-refractivity contribution in [3.05, 3.63) is 26.9 Å². The number of aromatic amines is 1. The van der Waals surface area contributed by atoms with Gasteiger partial charge in [0.05, 0.1) is 5.69 Å². The van der Waals surface area contributed by atoms with E-state index in [-0.39, 0.29) is 5.69 Å². The smallest absolute Gasteiger partial charge is 0.270 e. The van der Waals surface area contributed by atoms with Crippen molar-refractivity contribution in [1.82, 2.24) is 24.5 Å². The topological polar surface area (TPSA) is 68.5 Å². The zero-order chi connectivity index (χ0) is 13.3. The number of thioether (sulfide) groups is 1. The molecule has 1 N–H and O–H groups in total. The molecule has 0 fully saturated rings. The van der Waals surface area contributed by atoms with Gasteiger partial charge in [0.1, 0.15) is 5.15 Å². The molecule has 0 radical (unpaired) electrons. The first-order chi connectivity index (χ1) is 8.54. The summed E-state index contributed by atoms with van der Waals surface area (Å²) < 4.78 is 3.23. The van der Waals surface area contributed by atoms with Crippen LogP contribution in [0.1, 0.15) is 18.2 Å². The van der Waals surface area contributed by atoms with Crippen molar-refractivity contribution in [2.75, 3.05) is 0 Å².